The maximum Gasteiger partial charge on any atom is 0.225 e. The van der Waals surface area contributed by atoms with E-state index in [1.165, 1.54) is 0 Å². The molecule has 0 bridgehead atoms. The summed E-state index contributed by atoms with van der Waals surface area (Å²) in [5, 5.41) is 12.1. The Bertz CT molecular complexity index is 360. The second kappa shape index (κ2) is 8.51. The van der Waals surface area contributed by atoms with Crippen LogP contribution in [0.5, 0.6) is 0 Å². The minimum Gasteiger partial charge on any atom is -0.409 e. The van der Waals surface area contributed by atoms with Gasteiger partial charge < -0.3 is 15.8 Å². The van der Waals surface area contributed by atoms with Gasteiger partial charge in [0, 0.05) is 19.0 Å². The van der Waals surface area contributed by atoms with Crippen LogP contribution < -0.4 is 5.73 Å². The summed E-state index contributed by atoms with van der Waals surface area (Å²) in [6, 6.07) is 0. The van der Waals surface area contributed by atoms with E-state index in [1.54, 1.807) is 11.8 Å². The number of amides is 1. The largest absolute Gasteiger partial charge is 0.409 e. The zero-order valence-corrected chi connectivity index (χ0v) is 14.3. The minimum atomic E-state index is -0.323. The van der Waals surface area contributed by atoms with Crippen LogP contribution in [0.25, 0.3) is 0 Å². The Balaban J connectivity index is 2.68. The minimum absolute atomic E-state index is 0.158. The van der Waals surface area contributed by atoms with Gasteiger partial charge in [-0.2, -0.15) is 11.8 Å². The molecule has 0 aliphatic carbocycles. The second-order valence-corrected chi connectivity index (χ2v) is 6.97. The number of carbonyl (C=O) groups excluding carboxylic acids is 1. The predicted octanol–water partition coefficient (Wildman–Crippen LogP) is 2.67. The topological polar surface area (TPSA) is 78.9 Å². The van der Waals surface area contributed by atoms with Crippen LogP contribution >= 0.6 is 11.8 Å². The Morgan fingerprint density at radius 2 is 1.86 bits per heavy atom. The number of hydrogen-bond donors (Lipinski definition) is 2. The normalized spacial score (nSPS) is 19.0. The molecule has 122 valence electrons. The molecule has 0 aromatic carbocycles. The highest BCUT2D eigenvalue weighted by atomic mass is 32.2. The fraction of sp³-hybridized carbons (Fsp3) is 0.867. The van der Waals surface area contributed by atoms with Gasteiger partial charge in [0.1, 0.15) is 0 Å². The van der Waals surface area contributed by atoms with E-state index in [4.69, 9.17) is 10.9 Å². The van der Waals surface area contributed by atoms with Crippen LogP contribution in [0.2, 0.25) is 0 Å². The average molecular weight is 315 g/mol. The summed E-state index contributed by atoms with van der Waals surface area (Å²) in [6.45, 7) is 5.65. The SMILES string of the molecule is CCCC(CCC)C(=O)N1CCC(SC)(C(N)=NO)CC1. The van der Waals surface area contributed by atoms with E-state index in [9.17, 15) is 4.79 Å². The van der Waals surface area contributed by atoms with Gasteiger partial charge in [0.25, 0.3) is 0 Å². The lowest BCUT2D eigenvalue weighted by Crippen LogP contribution is -2.52. The number of rotatable bonds is 7. The number of likely N-dealkylation sites (tertiary alicyclic amines) is 1. The van der Waals surface area contributed by atoms with Crippen molar-refractivity contribution >= 4 is 23.5 Å². The number of hydrogen-bond acceptors (Lipinski definition) is 4. The number of thioether (sulfide) groups is 1. The maximum absolute atomic E-state index is 12.6. The summed E-state index contributed by atoms with van der Waals surface area (Å²) >= 11 is 1.61. The first-order valence-electron chi connectivity index (χ1n) is 7.86. The monoisotopic (exact) mass is 315 g/mol. The highest BCUT2D eigenvalue weighted by Crippen LogP contribution is 2.35. The van der Waals surface area contributed by atoms with E-state index < -0.39 is 0 Å². The Kier molecular flexibility index (Phi) is 7.35. The molecule has 0 spiro atoms. The molecule has 0 atom stereocenters. The lowest BCUT2D eigenvalue weighted by Gasteiger charge is -2.40. The highest BCUT2D eigenvalue weighted by Gasteiger charge is 2.40. The Morgan fingerprint density at radius 1 is 1.33 bits per heavy atom. The standard InChI is InChI=1S/C15H29N3O2S/c1-4-6-12(7-5-2)13(19)18-10-8-15(21-3,9-11-18)14(16)17-20/h12,20H,4-11H2,1-3H3,(H2,16,17). The van der Waals surface area contributed by atoms with E-state index in [0.29, 0.717) is 13.1 Å². The van der Waals surface area contributed by atoms with Crippen molar-refractivity contribution in [2.24, 2.45) is 16.8 Å². The Labute approximate surface area is 132 Å². The molecule has 1 fully saturated rings. The van der Waals surface area contributed by atoms with Gasteiger partial charge in [-0.1, -0.05) is 31.8 Å². The number of nitrogens with zero attached hydrogens (tertiary/aromatic N) is 2. The molecule has 0 unspecified atom stereocenters. The van der Waals surface area contributed by atoms with Gasteiger partial charge in [-0.25, -0.2) is 0 Å². The number of oxime groups is 1. The van der Waals surface area contributed by atoms with Gasteiger partial charge in [-0.3, -0.25) is 4.79 Å². The van der Waals surface area contributed by atoms with Gasteiger partial charge >= 0.3 is 0 Å². The molecule has 6 heteroatoms. The number of nitrogens with two attached hydrogens (primary N) is 1. The third-order valence-corrected chi connectivity index (χ3v) is 5.87. The van der Waals surface area contributed by atoms with Crippen LogP contribution in [0, 0.1) is 5.92 Å². The van der Waals surface area contributed by atoms with Crippen molar-refractivity contribution in [1.82, 2.24) is 4.90 Å². The zero-order valence-electron chi connectivity index (χ0n) is 13.5. The van der Waals surface area contributed by atoms with Gasteiger partial charge in [-0.05, 0) is 31.9 Å². The summed E-state index contributed by atoms with van der Waals surface area (Å²) < 4.78 is -0.323. The molecule has 1 aliphatic heterocycles. The summed E-state index contributed by atoms with van der Waals surface area (Å²) in [7, 11) is 0. The van der Waals surface area contributed by atoms with E-state index in [2.05, 4.69) is 19.0 Å². The van der Waals surface area contributed by atoms with Crippen LogP contribution in [-0.2, 0) is 4.79 Å². The molecule has 0 radical (unpaired) electrons. The van der Waals surface area contributed by atoms with E-state index >= 15 is 0 Å². The average Bonchev–Trinajstić information content (AvgIpc) is 2.53. The molecule has 3 N–H and O–H groups in total. The summed E-state index contributed by atoms with van der Waals surface area (Å²) in [4.78, 5) is 14.6. The number of carbonyl (C=O) groups is 1. The lowest BCUT2D eigenvalue weighted by molar-refractivity contribution is -0.137. The van der Waals surface area contributed by atoms with Crippen molar-refractivity contribution in [1.29, 1.82) is 0 Å². The first-order valence-corrected chi connectivity index (χ1v) is 9.09. The smallest absolute Gasteiger partial charge is 0.225 e. The first-order chi connectivity index (χ1) is 10.0. The van der Waals surface area contributed by atoms with Gasteiger partial charge in [-0.15, -0.1) is 0 Å². The molecule has 1 heterocycles. The van der Waals surface area contributed by atoms with Crippen molar-refractivity contribution < 1.29 is 10.0 Å². The highest BCUT2D eigenvalue weighted by molar-refractivity contribution is 8.00. The van der Waals surface area contributed by atoms with E-state index in [-0.39, 0.29) is 22.4 Å². The summed E-state index contributed by atoms with van der Waals surface area (Å²) in [6.07, 6.45) is 7.51. The lowest BCUT2D eigenvalue weighted by atomic mass is 9.91. The summed E-state index contributed by atoms with van der Waals surface area (Å²) in [5.74, 6) is 0.722. The molecule has 21 heavy (non-hydrogen) atoms. The molecular formula is C15H29N3O2S. The van der Waals surface area contributed by atoms with Crippen molar-refractivity contribution in [3.8, 4) is 0 Å². The van der Waals surface area contributed by atoms with Crippen molar-refractivity contribution in [3.63, 3.8) is 0 Å². The molecular weight excluding hydrogens is 286 g/mol. The Morgan fingerprint density at radius 3 is 2.24 bits per heavy atom. The molecule has 5 nitrogen and oxygen atoms in total. The molecule has 1 saturated heterocycles. The van der Waals surface area contributed by atoms with Crippen LogP contribution in [0.15, 0.2) is 5.16 Å². The molecule has 1 rings (SSSR count). The van der Waals surface area contributed by atoms with Crippen LogP contribution in [-0.4, -0.2) is 45.9 Å². The second-order valence-electron chi connectivity index (χ2n) is 5.78. The predicted molar refractivity (Wildman–Crippen MR) is 88.8 cm³/mol. The first kappa shape index (κ1) is 18.1. The zero-order chi connectivity index (χ0) is 15.9. The van der Waals surface area contributed by atoms with Crippen molar-refractivity contribution in [3.05, 3.63) is 0 Å². The van der Waals surface area contributed by atoms with Crippen LogP contribution in [0.3, 0.4) is 0 Å². The fourth-order valence-electron chi connectivity index (χ4n) is 3.09. The van der Waals surface area contributed by atoms with Crippen LogP contribution in [0.1, 0.15) is 52.4 Å². The van der Waals surface area contributed by atoms with Crippen LogP contribution in [0.4, 0.5) is 0 Å². The number of piperidine rings is 1. The molecule has 1 aliphatic rings. The molecule has 0 aromatic rings. The van der Waals surface area contributed by atoms with Gasteiger partial charge in [0.15, 0.2) is 5.84 Å². The number of amidine groups is 1. The van der Waals surface area contributed by atoms with Crippen molar-refractivity contribution in [2.75, 3.05) is 19.3 Å². The fourth-order valence-corrected chi connectivity index (χ4v) is 3.93. The third-order valence-electron chi connectivity index (χ3n) is 4.47. The third kappa shape index (κ3) is 4.28. The maximum atomic E-state index is 12.6. The molecule has 0 aromatic heterocycles. The van der Waals surface area contributed by atoms with Gasteiger partial charge in [0.05, 0.1) is 4.75 Å². The Hall–Kier alpha value is -0.910. The van der Waals surface area contributed by atoms with E-state index in [0.717, 1.165) is 38.5 Å². The van der Waals surface area contributed by atoms with Gasteiger partial charge in [0.2, 0.25) is 5.91 Å². The van der Waals surface area contributed by atoms with E-state index in [1.807, 2.05) is 11.2 Å². The van der Waals surface area contributed by atoms with Crippen molar-refractivity contribution in [2.45, 2.75) is 57.1 Å². The summed E-state index contributed by atoms with van der Waals surface area (Å²) in [5.41, 5.74) is 5.85. The molecule has 0 saturated carbocycles. The quantitative estimate of drug-likeness (QED) is 0.328. The molecule has 1 amide bonds.